The summed E-state index contributed by atoms with van der Waals surface area (Å²) in [6, 6.07) is 0. The maximum absolute atomic E-state index is 11.9. The van der Waals surface area contributed by atoms with E-state index >= 15 is 0 Å². The molecule has 10 heteroatoms. The van der Waals surface area contributed by atoms with Gasteiger partial charge in [-0.2, -0.15) is 0 Å². The van der Waals surface area contributed by atoms with Crippen molar-refractivity contribution in [2.75, 3.05) is 6.61 Å². The Morgan fingerprint density at radius 2 is 1.67 bits per heavy atom. The van der Waals surface area contributed by atoms with Crippen LogP contribution >= 0.6 is 0 Å². The summed E-state index contributed by atoms with van der Waals surface area (Å²) in [5, 5.41) is 85.2. The molecule has 5 aliphatic rings. The Hall–Kier alpha value is -0.660. The third-order valence-corrected chi connectivity index (χ3v) is 12.7. The van der Waals surface area contributed by atoms with E-state index in [1.807, 2.05) is 20.8 Å². The number of aliphatic hydroxyl groups is 8. The molecule has 0 amide bonds. The number of aliphatic hydroxyl groups excluding tert-OH is 8. The molecule has 0 aromatic heterocycles. The van der Waals surface area contributed by atoms with Gasteiger partial charge < -0.3 is 50.3 Å². The Bertz CT molecular complexity index is 1000. The smallest absolute Gasteiger partial charge is 0.186 e. The Kier molecular flexibility index (Phi) is 9.80. The second-order valence-corrected chi connectivity index (χ2v) is 15.5. The lowest BCUT2D eigenvalue weighted by atomic mass is 9.46. The molecule has 17 unspecified atom stereocenters. The van der Waals surface area contributed by atoms with Crippen LogP contribution in [0.15, 0.2) is 11.6 Å². The van der Waals surface area contributed by atoms with Gasteiger partial charge >= 0.3 is 0 Å². The molecule has 0 aromatic rings. The molecule has 43 heavy (non-hydrogen) atoms. The summed E-state index contributed by atoms with van der Waals surface area (Å²) in [7, 11) is 0. The lowest BCUT2D eigenvalue weighted by Gasteiger charge is -2.60. The van der Waals surface area contributed by atoms with Crippen molar-refractivity contribution in [2.24, 2.45) is 46.3 Å². The number of rotatable bonds is 8. The summed E-state index contributed by atoms with van der Waals surface area (Å²) < 4.78 is 11.7. The Morgan fingerprint density at radius 1 is 0.977 bits per heavy atom. The van der Waals surface area contributed by atoms with Crippen LogP contribution in [-0.2, 0) is 9.47 Å². The van der Waals surface area contributed by atoms with Crippen molar-refractivity contribution in [1.82, 2.24) is 0 Å². The molecule has 1 aliphatic heterocycles. The van der Waals surface area contributed by atoms with Crippen LogP contribution in [-0.4, -0.2) is 109 Å². The molecule has 0 bridgehead atoms. The summed E-state index contributed by atoms with van der Waals surface area (Å²) >= 11 is 0. The van der Waals surface area contributed by atoms with Gasteiger partial charge in [-0.05, 0) is 91.3 Å². The topological polar surface area (TPSA) is 180 Å². The van der Waals surface area contributed by atoms with Crippen molar-refractivity contribution in [3.05, 3.63) is 11.6 Å². The SMILES string of the molecule is CC(C)C(O)CC(O)C(C)C1C(O)CC2C3CC=C4CC(OC5OC(CO)C(O)C(O)C5O)CCC4(C)C3C(O)CC21C. The molecule has 1 saturated heterocycles. The lowest BCUT2D eigenvalue weighted by molar-refractivity contribution is -0.313. The Morgan fingerprint density at radius 3 is 2.33 bits per heavy atom. The van der Waals surface area contributed by atoms with Crippen molar-refractivity contribution in [1.29, 1.82) is 0 Å². The summed E-state index contributed by atoms with van der Waals surface area (Å²) in [6.45, 7) is 9.76. The van der Waals surface area contributed by atoms with Gasteiger partial charge in [-0.3, -0.25) is 0 Å². The molecule has 0 radical (unpaired) electrons. The van der Waals surface area contributed by atoms with E-state index in [1.54, 1.807) is 0 Å². The molecule has 0 aromatic carbocycles. The molecular formula is C33H56O10. The third kappa shape index (κ3) is 5.77. The lowest BCUT2D eigenvalue weighted by Crippen LogP contribution is -2.60. The van der Waals surface area contributed by atoms with Crippen molar-refractivity contribution in [3.63, 3.8) is 0 Å². The highest BCUT2D eigenvalue weighted by molar-refractivity contribution is 5.27. The van der Waals surface area contributed by atoms with Crippen LogP contribution in [0, 0.1) is 46.3 Å². The van der Waals surface area contributed by atoms with E-state index in [0.29, 0.717) is 25.7 Å². The van der Waals surface area contributed by atoms with Gasteiger partial charge in [0.1, 0.15) is 24.4 Å². The van der Waals surface area contributed by atoms with Crippen molar-refractivity contribution >= 4 is 0 Å². The first kappa shape index (κ1) is 33.7. The molecule has 1 heterocycles. The van der Waals surface area contributed by atoms with E-state index in [0.717, 1.165) is 12.8 Å². The fourth-order valence-electron chi connectivity index (χ4n) is 10.2. The van der Waals surface area contributed by atoms with E-state index in [1.165, 1.54) is 5.57 Å². The van der Waals surface area contributed by atoms with Crippen LogP contribution in [0.5, 0.6) is 0 Å². The number of fused-ring (bicyclic) bond motifs is 5. The van der Waals surface area contributed by atoms with Gasteiger partial charge in [0.2, 0.25) is 0 Å². The van der Waals surface area contributed by atoms with E-state index in [4.69, 9.17) is 9.47 Å². The van der Waals surface area contributed by atoms with Gasteiger partial charge in [-0.15, -0.1) is 0 Å². The summed E-state index contributed by atoms with van der Waals surface area (Å²) in [6.07, 6.45) is -2.79. The molecule has 5 rings (SSSR count). The summed E-state index contributed by atoms with van der Waals surface area (Å²) in [5.74, 6) is 0.0510. The Labute approximate surface area is 255 Å². The monoisotopic (exact) mass is 612 g/mol. The van der Waals surface area contributed by atoms with Crippen LogP contribution in [0.4, 0.5) is 0 Å². The highest BCUT2D eigenvalue weighted by atomic mass is 16.7. The predicted molar refractivity (Wildman–Crippen MR) is 157 cm³/mol. The fourth-order valence-corrected chi connectivity index (χ4v) is 10.2. The average Bonchev–Trinajstić information content (AvgIpc) is 3.21. The minimum Gasteiger partial charge on any atom is -0.394 e. The molecule has 17 atom stereocenters. The van der Waals surface area contributed by atoms with E-state index < -0.39 is 61.7 Å². The van der Waals surface area contributed by atoms with Gasteiger partial charge in [-0.1, -0.05) is 46.3 Å². The van der Waals surface area contributed by atoms with Crippen LogP contribution < -0.4 is 0 Å². The minimum absolute atomic E-state index is 0.0210. The van der Waals surface area contributed by atoms with Crippen molar-refractivity contribution < 1.29 is 50.3 Å². The van der Waals surface area contributed by atoms with Gasteiger partial charge in [0, 0.05) is 0 Å². The zero-order valence-electron chi connectivity index (χ0n) is 26.4. The first-order chi connectivity index (χ1) is 20.1. The molecule has 248 valence electrons. The summed E-state index contributed by atoms with van der Waals surface area (Å²) in [4.78, 5) is 0. The second-order valence-electron chi connectivity index (χ2n) is 15.5. The number of allylic oxidation sites excluding steroid dienone is 1. The normalized spacial score (nSPS) is 50.3. The van der Waals surface area contributed by atoms with E-state index in [-0.39, 0.29) is 58.9 Å². The van der Waals surface area contributed by atoms with Crippen LogP contribution in [0.25, 0.3) is 0 Å². The molecule has 4 aliphatic carbocycles. The van der Waals surface area contributed by atoms with Gasteiger partial charge in [0.15, 0.2) is 6.29 Å². The molecule has 8 N–H and O–H groups in total. The highest BCUT2D eigenvalue weighted by Gasteiger charge is 2.64. The largest absolute Gasteiger partial charge is 0.394 e. The molecule has 0 spiro atoms. The van der Waals surface area contributed by atoms with Gasteiger partial charge in [0.05, 0.1) is 37.1 Å². The molecule has 3 saturated carbocycles. The number of hydrogen-bond acceptors (Lipinski definition) is 10. The Balaban J connectivity index is 1.31. The fraction of sp³-hybridized carbons (Fsp3) is 0.939. The maximum atomic E-state index is 11.9. The number of ether oxygens (including phenoxy) is 2. The first-order valence-corrected chi connectivity index (χ1v) is 16.5. The van der Waals surface area contributed by atoms with Crippen LogP contribution in [0.1, 0.15) is 79.6 Å². The standard InChI is InChI=1S/C33H56O10/c1-15(2)21(35)12-22(36)16(3)26-23(37)11-20-19-7-6-17-10-18(42-31-30(41)29(40)28(39)25(14-34)43-31)8-9-32(17,4)27(19)24(38)13-33(20,26)5/h6,15-16,18-31,34-41H,7-14H2,1-5H3. The van der Waals surface area contributed by atoms with E-state index in [9.17, 15) is 40.9 Å². The summed E-state index contributed by atoms with van der Waals surface area (Å²) in [5.41, 5.74) is 0.613. The quantitative estimate of drug-likeness (QED) is 0.185. The van der Waals surface area contributed by atoms with Crippen molar-refractivity contribution in [2.45, 2.75) is 141 Å². The molecule has 10 nitrogen and oxygen atoms in total. The number of hydrogen-bond donors (Lipinski definition) is 8. The molecule has 4 fully saturated rings. The van der Waals surface area contributed by atoms with Crippen LogP contribution in [0.2, 0.25) is 0 Å². The zero-order chi connectivity index (χ0) is 31.6. The van der Waals surface area contributed by atoms with Gasteiger partial charge in [-0.25, -0.2) is 0 Å². The highest BCUT2D eigenvalue weighted by Crippen LogP contribution is 2.67. The van der Waals surface area contributed by atoms with Gasteiger partial charge in [0.25, 0.3) is 0 Å². The van der Waals surface area contributed by atoms with Crippen molar-refractivity contribution in [3.8, 4) is 0 Å². The zero-order valence-corrected chi connectivity index (χ0v) is 26.4. The first-order valence-electron chi connectivity index (χ1n) is 16.5. The average molecular weight is 613 g/mol. The van der Waals surface area contributed by atoms with Crippen LogP contribution in [0.3, 0.4) is 0 Å². The minimum atomic E-state index is -1.49. The second kappa shape index (κ2) is 12.5. The maximum Gasteiger partial charge on any atom is 0.186 e. The van der Waals surface area contributed by atoms with E-state index in [2.05, 4.69) is 19.9 Å². The molecular weight excluding hydrogens is 556 g/mol. The predicted octanol–water partition coefficient (Wildman–Crippen LogP) is 1.10. The third-order valence-electron chi connectivity index (χ3n) is 12.7.